The zero-order valence-corrected chi connectivity index (χ0v) is 12.6. The van der Waals surface area contributed by atoms with Crippen molar-refractivity contribution in [2.24, 2.45) is 11.1 Å². The summed E-state index contributed by atoms with van der Waals surface area (Å²) in [4.78, 5) is -0.854. The summed E-state index contributed by atoms with van der Waals surface area (Å²) in [7, 11) is -4.23. The molecule has 0 saturated carbocycles. The van der Waals surface area contributed by atoms with Gasteiger partial charge in [0.05, 0.1) is 0 Å². The molecule has 1 aliphatic heterocycles. The van der Waals surface area contributed by atoms with Crippen LogP contribution in [0.3, 0.4) is 0 Å². The molecule has 0 aliphatic carbocycles. The summed E-state index contributed by atoms with van der Waals surface area (Å²) >= 11 is 0. The van der Waals surface area contributed by atoms with Crippen molar-refractivity contribution >= 4 is 10.0 Å². The molecule has 0 amide bonds. The van der Waals surface area contributed by atoms with Gasteiger partial charge in [0.2, 0.25) is 10.0 Å². The van der Waals surface area contributed by atoms with Crippen LogP contribution in [0.4, 0.5) is 13.2 Å². The fourth-order valence-electron chi connectivity index (χ4n) is 2.38. The molecule has 21 heavy (non-hydrogen) atoms. The van der Waals surface area contributed by atoms with E-state index in [1.54, 1.807) is 13.8 Å². The van der Waals surface area contributed by atoms with Gasteiger partial charge in [-0.1, -0.05) is 13.8 Å². The Balaban J connectivity index is 2.42. The van der Waals surface area contributed by atoms with Crippen LogP contribution >= 0.6 is 0 Å². The van der Waals surface area contributed by atoms with Crippen molar-refractivity contribution in [3.8, 4) is 0 Å². The first-order chi connectivity index (χ1) is 9.57. The van der Waals surface area contributed by atoms with E-state index in [1.165, 1.54) is 0 Å². The molecule has 2 N–H and O–H groups in total. The summed E-state index contributed by atoms with van der Waals surface area (Å²) in [6.45, 7) is 3.82. The number of nitrogens with zero attached hydrogens (tertiary/aromatic N) is 1. The second-order valence-electron chi connectivity index (χ2n) is 5.90. The minimum atomic E-state index is -4.23. The molecule has 118 valence electrons. The van der Waals surface area contributed by atoms with Gasteiger partial charge in [-0.25, -0.2) is 21.6 Å². The molecule has 1 aromatic rings. The first-order valence-electron chi connectivity index (χ1n) is 6.46. The van der Waals surface area contributed by atoms with Gasteiger partial charge in [-0.15, -0.1) is 0 Å². The number of sulfonamides is 1. The van der Waals surface area contributed by atoms with E-state index < -0.39 is 37.8 Å². The number of hydrogen-bond acceptors (Lipinski definition) is 3. The lowest BCUT2D eigenvalue weighted by atomic mass is 9.81. The molecule has 1 heterocycles. The lowest BCUT2D eigenvalue weighted by molar-refractivity contribution is 0.155. The Bertz CT molecular complexity index is 662. The van der Waals surface area contributed by atoms with Gasteiger partial charge < -0.3 is 5.73 Å². The number of hydrogen-bond donors (Lipinski definition) is 1. The van der Waals surface area contributed by atoms with Crippen LogP contribution in [-0.2, 0) is 10.0 Å². The molecule has 0 spiro atoms. The zero-order valence-electron chi connectivity index (χ0n) is 11.7. The third-order valence-electron chi connectivity index (χ3n) is 3.89. The number of nitrogens with two attached hydrogens (primary N) is 1. The summed E-state index contributed by atoms with van der Waals surface area (Å²) in [5, 5.41) is 0. The average molecular weight is 322 g/mol. The van der Waals surface area contributed by atoms with Crippen molar-refractivity contribution in [1.82, 2.24) is 4.31 Å². The smallest absolute Gasteiger partial charge is 0.246 e. The van der Waals surface area contributed by atoms with Crippen LogP contribution in [0, 0.1) is 22.9 Å². The van der Waals surface area contributed by atoms with E-state index in [9.17, 15) is 21.6 Å². The maximum absolute atomic E-state index is 13.7. The first kappa shape index (κ1) is 16.3. The highest BCUT2D eigenvalue weighted by Crippen LogP contribution is 2.32. The van der Waals surface area contributed by atoms with Gasteiger partial charge in [0.25, 0.3) is 0 Å². The third-order valence-corrected chi connectivity index (χ3v) is 5.76. The largest absolute Gasteiger partial charge is 0.327 e. The second-order valence-corrected chi connectivity index (χ2v) is 7.80. The summed E-state index contributed by atoms with van der Waals surface area (Å²) < 4.78 is 65.8. The van der Waals surface area contributed by atoms with Crippen molar-refractivity contribution in [2.45, 2.75) is 31.2 Å². The van der Waals surface area contributed by atoms with Crippen LogP contribution in [0.2, 0.25) is 0 Å². The molecular weight excluding hydrogens is 305 g/mol. The van der Waals surface area contributed by atoms with Crippen LogP contribution in [0.5, 0.6) is 0 Å². The van der Waals surface area contributed by atoms with E-state index in [0.29, 0.717) is 12.5 Å². The van der Waals surface area contributed by atoms with Crippen LogP contribution < -0.4 is 5.73 Å². The molecule has 1 aliphatic rings. The third kappa shape index (κ3) is 2.79. The number of piperidine rings is 1. The van der Waals surface area contributed by atoms with Crippen LogP contribution in [0.25, 0.3) is 0 Å². The number of halogens is 3. The van der Waals surface area contributed by atoms with Crippen LogP contribution in [0.15, 0.2) is 17.0 Å². The second kappa shape index (κ2) is 5.26. The topological polar surface area (TPSA) is 63.4 Å². The maximum atomic E-state index is 13.7. The van der Waals surface area contributed by atoms with Gasteiger partial charge in [0, 0.05) is 19.1 Å². The molecule has 0 bridgehead atoms. The summed E-state index contributed by atoms with van der Waals surface area (Å²) in [6, 6.07) is 1.16. The predicted molar refractivity (Wildman–Crippen MR) is 71.4 cm³/mol. The number of benzene rings is 1. The van der Waals surface area contributed by atoms with Gasteiger partial charge in [-0.05, 0) is 24.0 Å². The standard InChI is InChI=1S/C13H17F3N2O2S/c1-13(2)7-18(6-5-10(13)17)21(19,20)9-4-3-8(14)11(15)12(9)16/h3-4,10H,5-7,17H2,1-2H3. The molecule has 1 saturated heterocycles. The Kier molecular flexibility index (Phi) is 4.07. The summed E-state index contributed by atoms with van der Waals surface area (Å²) in [6.07, 6.45) is 0.414. The Morgan fingerprint density at radius 3 is 2.43 bits per heavy atom. The van der Waals surface area contributed by atoms with Gasteiger partial charge in [-0.3, -0.25) is 0 Å². The van der Waals surface area contributed by atoms with Crippen molar-refractivity contribution in [3.05, 3.63) is 29.6 Å². The molecule has 0 aromatic heterocycles. The van der Waals surface area contributed by atoms with E-state index in [-0.39, 0.29) is 19.1 Å². The minimum absolute atomic E-state index is 0.0922. The highest BCUT2D eigenvalue weighted by atomic mass is 32.2. The first-order valence-corrected chi connectivity index (χ1v) is 7.90. The van der Waals surface area contributed by atoms with E-state index in [0.717, 1.165) is 10.4 Å². The highest BCUT2D eigenvalue weighted by Gasteiger charge is 2.40. The number of rotatable bonds is 2. The predicted octanol–water partition coefficient (Wildman–Crippen LogP) is 1.85. The van der Waals surface area contributed by atoms with Crippen LogP contribution in [-0.4, -0.2) is 31.9 Å². The summed E-state index contributed by atoms with van der Waals surface area (Å²) in [5.74, 6) is -4.90. The normalized spacial score (nSPS) is 23.2. The van der Waals surface area contributed by atoms with Gasteiger partial charge in [0.15, 0.2) is 17.5 Å². The Hall–Kier alpha value is -1.12. The minimum Gasteiger partial charge on any atom is -0.327 e. The highest BCUT2D eigenvalue weighted by molar-refractivity contribution is 7.89. The van der Waals surface area contributed by atoms with Crippen molar-refractivity contribution < 1.29 is 21.6 Å². The molecule has 1 aromatic carbocycles. The van der Waals surface area contributed by atoms with E-state index >= 15 is 0 Å². The van der Waals surface area contributed by atoms with Crippen molar-refractivity contribution in [2.75, 3.05) is 13.1 Å². The molecule has 8 heteroatoms. The molecule has 1 fully saturated rings. The Morgan fingerprint density at radius 2 is 1.86 bits per heavy atom. The average Bonchev–Trinajstić information content (AvgIpc) is 2.38. The fourth-order valence-corrected chi connectivity index (χ4v) is 4.06. The van der Waals surface area contributed by atoms with Crippen LogP contribution in [0.1, 0.15) is 20.3 Å². The van der Waals surface area contributed by atoms with Gasteiger partial charge in [-0.2, -0.15) is 4.31 Å². The SMILES string of the molecule is CC1(C)CN(S(=O)(=O)c2ccc(F)c(F)c2F)CCC1N. The van der Waals surface area contributed by atoms with E-state index in [1.807, 2.05) is 0 Å². The van der Waals surface area contributed by atoms with Gasteiger partial charge in [0.1, 0.15) is 4.90 Å². The zero-order chi connectivity index (χ0) is 16.0. The quantitative estimate of drug-likeness (QED) is 0.845. The molecule has 0 radical (unpaired) electrons. The lowest BCUT2D eigenvalue weighted by Crippen LogP contribution is -2.53. The molecule has 2 rings (SSSR count). The van der Waals surface area contributed by atoms with E-state index in [2.05, 4.69) is 0 Å². The fraction of sp³-hybridized carbons (Fsp3) is 0.538. The summed E-state index contributed by atoms with van der Waals surface area (Å²) in [5.41, 5.74) is 5.44. The van der Waals surface area contributed by atoms with Crippen molar-refractivity contribution in [1.29, 1.82) is 0 Å². The molecule has 1 unspecified atom stereocenters. The maximum Gasteiger partial charge on any atom is 0.246 e. The van der Waals surface area contributed by atoms with Crippen molar-refractivity contribution in [3.63, 3.8) is 0 Å². The molecular formula is C13H17F3N2O2S. The molecule has 1 atom stereocenters. The Labute approximate surface area is 121 Å². The van der Waals surface area contributed by atoms with E-state index in [4.69, 9.17) is 5.73 Å². The van der Waals surface area contributed by atoms with Gasteiger partial charge >= 0.3 is 0 Å². The lowest BCUT2D eigenvalue weighted by Gasteiger charge is -2.41. The Morgan fingerprint density at radius 1 is 1.24 bits per heavy atom. The monoisotopic (exact) mass is 322 g/mol. The molecule has 4 nitrogen and oxygen atoms in total.